The summed E-state index contributed by atoms with van der Waals surface area (Å²) >= 11 is 0. The Morgan fingerprint density at radius 1 is 0.912 bits per heavy atom. The first-order valence-corrected chi connectivity index (χ1v) is 11.9. The Bertz CT molecular complexity index is 1270. The zero-order valence-electron chi connectivity index (χ0n) is 19.2. The van der Waals surface area contributed by atoms with Crippen LogP contribution in [0.4, 0.5) is 0 Å². The van der Waals surface area contributed by atoms with Crippen molar-refractivity contribution in [1.29, 1.82) is 0 Å². The summed E-state index contributed by atoms with van der Waals surface area (Å²) in [4.78, 5) is 19.8. The Morgan fingerprint density at radius 3 is 2.26 bits per heavy atom. The molecule has 1 aliphatic rings. The predicted molar refractivity (Wildman–Crippen MR) is 136 cm³/mol. The summed E-state index contributed by atoms with van der Waals surface area (Å²) in [6.45, 7) is 3.51. The molecule has 3 aromatic carbocycles. The van der Waals surface area contributed by atoms with Crippen LogP contribution in [0, 0.1) is 0 Å². The fourth-order valence-corrected chi connectivity index (χ4v) is 4.89. The number of hydrogen-bond acceptors (Lipinski definition) is 4. The molecular weight excluding hydrogens is 422 g/mol. The lowest BCUT2D eigenvalue weighted by Crippen LogP contribution is -2.42. The minimum Gasteiger partial charge on any atom is -0.478 e. The maximum absolute atomic E-state index is 12.4. The molecular formula is C29H29N3O2. The van der Waals surface area contributed by atoms with Crippen molar-refractivity contribution < 1.29 is 9.90 Å². The molecule has 0 aliphatic carbocycles. The van der Waals surface area contributed by atoms with Gasteiger partial charge >= 0.3 is 5.97 Å². The van der Waals surface area contributed by atoms with E-state index in [1.165, 1.54) is 5.56 Å². The predicted octanol–water partition coefficient (Wildman–Crippen LogP) is 5.35. The van der Waals surface area contributed by atoms with Gasteiger partial charge in [-0.1, -0.05) is 78.9 Å². The van der Waals surface area contributed by atoms with Gasteiger partial charge in [-0.3, -0.25) is 4.90 Å². The normalized spacial score (nSPS) is 14.9. The van der Waals surface area contributed by atoms with Crippen molar-refractivity contribution in [2.45, 2.75) is 32.0 Å². The summed E-state index contributed by atoms with van der Waals surface area (Å²) in [5, 5.41) is 14.5. The van der Waals surface area contributed by atoms with Gasteiger partial charge in [-0.15, -0.1) is 0 Å². The van der Waals surface area contributed by atoms with Crippen LogP contribution < -0.4 is 5.32 Å². The standard InChI is InChI=1S/C29H29N3O2/c33-29(34)27-24-13-7-8-14-26(24)31-28(22-11-5-2-6-12-22)25(27)19-30-23-15-17-32(18-16-23)20-21-9-3-1-4-10-21/h1-14,23,30H,15-20H2,(H,33,34). The number of piperidine rings is 1. The quantitative estimate of drug-likeness (QED) is 0.396. The highest BCUT2D eigenvalue weighted by Gasteiger charge is 2.23. The number of carbonyl (C=O) groups is 1. The van der Waals surface area contributed by atoms with Crippen molar-refractivity contribution >= 4 is 16.9 Å². The van der Waals surface area contributed by atoms with Crippen molar-refractivity contribution in [2.24, 2.45) is 0 Å². The molecule has 34 heavy (non-hydrogen) atoms. The van der Waals surface area contributed by atoms with Crippen LogP contribution in [-0.2, 0) is 13.1 Å². The van der Waals surface area contributed by atoms with E-state index in [2.05, 4.69) is 40.5 Å². The van der Waals surface area contributed by atoms with Crippen LogP contribution in [0.15, 0.2) is 84.9 Å². The Morgan fingerprint density at radius 2 is 1.56 bits per heavy atom. The van der Waals surface area contributed by atoms with Gasteiger partial charge in [-0.05, 0) is 37.6 Å². The number of pyridine rings is 1. The zero-order valence-corrected chi connectivity index (χ0v) is 19.2. The molecule has 1 aromatic heterocycles. The van der Waals surface area contributed by atoms with Crippen molar-refractivity contribution in [3.63, 3.8) is 0 Å². The Balaban J connectivity index is 1.37. The molecule has 0 unspecified atom stereocenters. The van der Waals surface area contributed by atoms with E-state index in [9.17, 15) is 9.90 Å². The lowest BCUT2D eigenvalue weighted by atomic mass is 9.95. The average molecular weight is 452 g/mol. The molecule has 5 heteroatoms. The average Bonchev–Trinajstić information content (AvgIpc) is 2.88. The summed E-state index contributed by atoms with van der Waals surface area (Å²) in [5.74, 6) is -0.912. The van der Waals surface area contributed by atoms with Gasteiger partial charge in [0, 0.05) is 35.6 Å². The summed E-state index contributed by atoms with van der Waals surface area (Å²) < 4.78 is 0. The fourth-order valence-electron chi connectivity index (χ4n) is 4.89. The number of carboxylic acids is 1. The number of aromatic nitrogens is 1. The number of fused-ring (bicyclic) bond motifs is 1. The number of benzene rings is 3. The third-order valence-corrected chi connectivity index (χ3v) is 6.66. The molecule has 0 spiro atoms. The molecule has 1 fully saturated rings. The summed E-state index contributed by atoms with van der Waals surface area (Å²) in [6, 6.07) is 28.3. The molecule has 0 radical (unpaired) electrons. The largest absolute Gasteiger partial charge is 0.478 e. The van der Waals surface area contributed by atoms with E-state index in [4.69, 9.17) is 4.98 Å². The highest BCUT2D eigenvalue weighted by molar-refractivity contribution is 6.05. The first-order valence-electron chi connectivity index (χ1n) is 11.9. The number of aromatic carboxylic acids is 1. The van der Waals surface area contributed by atoms with Gasteiger partial charge in [-0.25, -0.2) is 9.78 Å². The molecule has 5 rings (SSSR count). The van der Waals surface area contributed by atoms with E-state index >= 15 is 0 Å². The monoisotopic (exact) mass is 451 g/mol. The number of rotatable bonds is 7. The van der Waals surface area contributed by atoms with Gasteiger partial charge in [0.25, 0.3) is 0 Å². The molecule has 172 valence electrons. The summed E-state index contributed by atoms with van der Waals surface area (Å²) in [5.41, 5.74) is 4.82. The molecule has 4 aromatic rings. The van der Waals surface area contributed by atoms with Crippen molar-refractivity contribution in [1.82, 2.24) is 15.2 Å². The number of para-hydroxylation sites is 1. The van der Waals surface area contributed by atoms with Gasteiger partial charge in [0.1, 0.15) is 0 Å². The lowest BCUT2D eigenvalue weighted by molar-refractivity contribution is 0.0697. The van der Waals surface area contributed by atoms with Crippen LogP contribution in [0.1, 0.15) is 34.3 Å². The van der Waals surface area contributed by atoms with Crippen LogP contribution in [0.25, 0.3) is 22.2 Å². The number of nitrogens with zero attached hydrogens (tertiary/aromatic N) is 2. The summed E-state index contributed by atoms with van der Waals surface area (Å²) in [7, 11) is 0. The van der Waals surface area contributed by atoms with Gasteiger partial charge in [0.2, 0.25) is 0 Å². The maximum atomic E-state index is 12.4. The number of hydrogen-bond donors (Lipinski definition) is 2. The Labute approximate surface area is 200 Å². The number of likely N-dealkylation sites (tertiary alicyclic amines) is 1. The topological polar surface area (TPSA) is 65.5 Å². The van der Waals surface area contributed by atoms with Crippen LogP contribution in [0.5, 0.6) is 0 Å². The third-order valence-electron chi connectivity index (χ3n) is 6.66. The van der Waals surface area contributed by atoms with E-state index in [0.29, 0.717) is 29.1 Å². The van der Waals surface area contributed by atoms with Gasteiger partial charge in [-0.2, -0.15) is 0 Å². The van der Waals surface area contributed by atoms with Crippen LogP contribution in [-0.4, -0.2) is 40.1 Å². The highest BCUT2D eigenvalue weighted by atomic mass is 16.4. The Hall–Kier alpha value is -3.54. The Kier molecular flexibility index (Phi) is 6.65. The molecule has 2 N–H and O–H groups in total. The van der Waals surface area contributed by atoms with Crippen molar-refractivity contribution in [3.05, 3.63) is 102 Å². The smallest absolute Gasteiger partial charge is 0.336 e. The van der Waals surface area contributed by atoms with Crippen molar-refractivity contribution in [3.8, 4) is 11.3 Å². The van der Waals surface area contributed by atoms with E-state index in [1.54, 1.807) is 0 Å². The van der Waals surface area contributed by atoms with E-state index in [0.717, 1.165) is 49.3 Å². The van der Waals surface area contributed by atoms with Gasteiger partial charge in [0.05, 0.1) is 16.8 Å². The van der Waals surface area contributed by atoms with Crippen LogP contribution >= 0.6 is 0 Å². The van der Waals surface area contributed by atoms with Crippen LogP contribution in [0.2, 0.25) is 0 Å². The molecule has 0 bridgehead atoms. The molecule has 5 nitrogen and oxygen atoms in total. The molecule has 1 aliphatic heterocycles. The molecule has 0 amide bonds. The fraction of sp³-hybridized carbons (Fsp3) is 0.241. The molecule has 0 atom stereocenters. The zero-order chi connectivity index (χ0) is 23.3. The van der Waals surface area contributed by atoms with E-state index in [-0.39, 0.29) is 0 Å². The highest BCUT2D eigenvalue weighted by Crippen LogP contribution is 2.30. The van der Waals surface area contributed by atoms with Crippen LogP contribution in [0.3, 0.4) is 0 Å². The minimum absolute atomic E-state index is 0.346. The van der Waals surface area contributed by atoms with Gasteiger partial charge in [0.15, 0.2) is 0 Å². The first kappa shape index (κ1) is 22.3. The third kappa shape index (κ3) is 4.86. The van der Waals surface area contributed by atoms with Gasteiger partial charge < -0.3 is 10.4 Å². The van der Waals surface area contributed by atoms with E-state index < -0.39 is 5.97 Å². The molecule has 2 heterocycles. The SMILES string of the molecule is O=C(O)c1c(CNC2CCN(Cc3ccccc3)CC2)c(-c2ccccc2)nc2ccccc12. The molecule has 1 saturated heterocycles. The maximum Gasteiger partial charge on any atom is 0.336 e. The lowest BCUT2D eigenvalue weighted by Gasteiger charge is -2.32. The van der Waals surface area contributed by atoms with Crippen molar-refractivity contribution in [2.75, 3.05) is 13.1 Å². The summed E-state index contributed by atoms with van der Waals surface area (Å²) in [6.07, 6.45) is 2.08. The first-order chi connectivity index (χ1) is 16.7. The molecule has 0 saturated carbocycles. The number of carboxylic acid groups (broad SMARTS) is 1. The number of nitrogens with one attached hydrogen (secondary N) is 1. The second kappa shape index (κ2) is 10.2. The van der Waals surface area contributed by atoms with E-state index in [1.807, 2.05) is 54.6 Å². The second-order valence-corrected chi connectivity index (χ2v) is 8.92. The second-order valence-electron chi connectivity index (χ2n) is 8.92. The minimum atomic E-state index is -0.912.